The van der Waals surface area contributed by atoms with E-state index in [0.29, 0.717) is 13.0 Å². The summed E-state index contributed by atoms with van der Waals surface area (Å²) in [5.74, 6) is 4.49. The number of carbonyl (C=O) groups excluding carboxylic acids is 1. The molecule has 16 heavy (non-hydrogen) atoms. The van der Waals surface area contributed by atoms with Crippen molar-refractivity contribution < 1.29 is 9.63 Å². The first-order valence-corrected chi connectivity index (χ1v) is 6.36. The molecule has 1 aromatic rings. The standard InChI is InChI=1S/C9H14BrN3O2S/c1-13(3-2-9(14)15-12-11)5-8-4-7(10)6-16-8/h4,6,12H,2-3,5,11H2,1H3. The molecular weight excluding hydrogens is 294 g/mol. The van der Waals surface area contributed by atoms with Crippen LogP contribution < -0.4 is 11.4 Å². The Morgan fingerprint density at radius 3 is 3.06 bits per heavy atom. The molecule has 0 amide bonds. The SMILES string of the molecule is CN(CCC(=O)ONN)Cc1cc(Br)cs1. The van der Waals surface area contributed by atoms with Crippen molar-refractivity contribution in [3.05, 3.63) is 20.8 Å². The van der Waals surface area contributed by atoms with Crippen molar-refractivity contribution in [2.75, 3.05) is 13.6 Å². The van der Waals surface area contributed by atoms with Crippen LogP contribution in [-0.2, 0) is 16.2 Å². The van der Waals surface area contributed by atoms with Gasteiger partial charge in [-0.25, -0.2) is 5.84 Å². The van der Waals surface area contributed by atoms with E-state index in [1.807, 2.05) is 18.0 Å². The van der Waals surface area contributed by atoms with Gasteiger partial charge in [-0.15, -0.1) is 11.3 Å². The highest BCUT2D eigenvalue weighted by molar-refractivity contribution is 9.10. The molecule has 0 saturated carbocycles. The van der Waals surface area contributed by atoms with E-state index >= 15 is 0 Å². The van der Waals surface area contributed by atoms with E-state index in [9.17, 15) is 4.79 Å². The second kappa shape index (κ2) is 6.97. The van der Waals surface area contributed by atoms with Gasteiger partial charge < -0.3 is 9.74 Å². The summed E-state index contributed by atoms with van der Waals surface area (Å²) in [6.45, 7) is 1.45. The summed E-state index contributed by atoms with van der Waals surface area (Å²) in [4.78, 5) is 18.7. The van der Waals surface area contributed by atoms with Gasteiger partial charge in [0, 0.05) is 27.8 Å². The Hall–Kier alpha value is -0.470. The number of carbonyl (C=O) groups is 1. The van der Waals surface area contributed by atoms with Gasteiger partial charge in [-0.05, 0) is 29.0 Å². The number of halogens is 1. The Labute approximate surface area is 107 Å². The van der Waals surface area contributed by atoms with E-state index in [1.54, 1.807) is 11.3 Å². The van der Waals surface area contributed by atoms with Crippen LogP contribution in [0.4, 0.5) is 0 Å². The first kappa shape index (κ1) is 13.6. The maximum atomic E-state index is 11.0. The number of hydrogen-bond donors (Lipinski definition) is 2. The zero-order chi connectivity index (χ0) is 12.0. The van der Waals surface area contributed by atoms with E-state index in [0.717, 1.165) is 11.0 Å². The summed E-state index contributed by atoms with van der Waals surface area (Å²) < 4.78 is 1.09. The van der Waals surface area contributed by atoms with Gasteiger partial charge in [0.25, 0.3) is 0 Å². The lowest BCUT2D eigenvalue weighted by Gasteiger charge is -2.14. The van der Waals surface area contributed by atoms with Crippen LogP contribution in [-0.4, -0.2) is 24.5 Å². The summed E-state index contributed by atoms with van der Waals surface area (Å²) in [5, 5.41) is 2.04. The van der Waals surface area contributed by atoms with Crippen molar-refractivity contribution >= 4 is 33.2 Å². The quantitative estimate of drug-likeness (QED) is 0.611. The molecule has 0 spiro atoms. The molecule has 5 nitrogen and oxygen atoms in total. The van der Waals surface area contributed by atoms with Crippen molar-refractivity contribution in [1.82, 2.24) is 10.5 Å². The monoisotopic (exact) mass is 307 g/mol. The first-order chi connectivity index (χ1) is 7.61. The van der Waals surface area contributed by atoms with Crippen LogP contribution in [0.5, 0.6) is 0 Å². The van der Waals surface area contributed by atoms with Gasteiger partial charge in [0.05, 0.1) is 6.42 Å². The third-order valence-electron chi connectivity index (χ3n) is 1.92. The van der Waals surface area contributed by atoms with Gasteiger partial charge in [0.1, 0.15) is 0 Å². The zero-order valence-corrected chi connectivity index (χ0v) is 11.3. The average molecular weight is 308 g/mol. The molecule has 0 fully saturated rings. The van der Waals surface area contributed by atoms with Gasteiger partial charge in [-0.3, -0.25) is 4.79 Å². The van der Waals surface area contributed by atoms with Crippen molar-refractivity contribution in [2.45, 2.75) is 13.0 Å². The number of nitrogens with two attached hydrogens (primary N) is 1. The van der Waals surface area contributed by atoms with Crippen LogP contribution in [0, 0.1) is 0 Å². The lowest BCUT2D eigenvalue weighted by atomic mass is 10.3. The molecule has 0 saturated heterocycles. The Morgan fingerprint density at radius 1 is 1.75 bits per heavy atom. The van der Waals surface area contributed by atoms with Gasteiger partial charge in [-0.1, -0.05) is 5.59 Å². The van der Waals surface area contributed by atoms with Crippen LogP contribution in [0.2, 0.25) is 0 Å². The molecule has 0 aliphatic rings. The Morgan fingerprint density at radius 2 is 2.50 bits per heavy atom. The summed E-state index contributed by atoms with van der Waals surface area (Å²) in [6, 6.07) is 2.07. The van der Waals surface area contributed by atoms with Crippen molar-refractivity contribution in [1.29, 1.82) is 0 Å². The number of hydrogen-bond acceptors (Lipinski definition) is 6. The molecule has 1 heterocycles. The average Bonchev–Trinajstić information content (AvgIpc) is 2.61. The summed E-state index contributed by atoms with van der Waals surface area (Å²) in [5.41, 5.74) is 1.87. The molecule has 1 rings (SSSR count). The van der Waals surface area contributed by atoms with E-state index in [4.69, 9.17) is 5.84 Å². The molecule has 0 unspecified atom stereocenters. The molecule has 3 N–H and O–H groups in total. The molecule has 7 heteroatoms. The molecule has 0 aliphatic heterocycles. The van der Waals surface area contributed by atoms with Crippen LogP contribution >= 0.6 is 27.3 Å². The van der Waals surface area contributed by atoms with Crippen molar-refractivity contribution in [3.63, 3.8) is 0 Å². The summed E-state index contributed by atoms with van der Waals surface area (Å²) in [6.07, 6.45) is 0.313. The smallest absolute Gasteiger partial charge is 0.327 e. The van der Waals surface area contributed by atoms with E-state index in [-0.39, 0.29) is 5.97 Å². The Kier molecular flexibility index (Phi) is 5.93. The molecular formula is C9H14BrN3O2S. The largest absolute Gasteiger partial charge is 0.356 e. The van der Waals surface area contributed by atoms with E-state index in [2.05, 4.69) is 31.7 Å². The fraction of sp³-hybridized carbons (Fsp3) is 0.444. The fourth-order valence-corrected chi connectivity index (χ4v) is 2.71. The normalized spacial score (nSPS) is 10.8. The zero-order valence-electron chi connectivity index (χ0n) is 8.90. The second-order valence-electron chi connectivity index (χ2n) is 3.31. The van der Waals surface area contributed by atoms with Gasteiger partial charge >= 0.3 is 5.97 Å². The number of rotatable bonds is 6. The molecule has 0 atom stereocenters. The number of nitrogens with zero attached hydrogens (tertiary/aromatic N) is 1. The van der Waals surface area contributed by atoms with Crippen LogP contribution in [0.25, 0.3) is 0 Å². The van der Waals surface area contributed by atoms with Crippen LogP contribution in [0.3, 0.4) is 0 Å². The molecule has 0 aromatic carbocycles. The number of nitrogens with one attached hydrogen (secondary N) is 1. The third-order valence-corrected chi connectivity index (χ3v) is 3.60. The van der Waals surface area contributed by atoms with E-state index in [1.165, 1.54) is 4.88 Å². The topological polar surface area (TPSA) is 67.6 Å². The van der Waals surface area contributed by atoms with Gasteiger partial charge in [0.15, 0.2) is 0 Å². The minimum Gasteiger partial charge on any atom is -0.356 e. The lowest BCUT2D eigenvalue weighted by Crippen LogP contribution is -2.28. The fourth-order valence-electron chi connectivity index (χ4n) is 1.18. The summed E-state index contributed by atoms with van der Waals surface area (Å²) in [7, 11) is 1.96. The van der Waals surface area contributed by atoms with Crippen LogP contribution in [0.15, 0.2) is 15.9 Å². The lowest BCUT2D eigenvalue weighted by molar-refractivity contribution is -0.151. The molecule has 90 valence electrons. The molecule has 0 aliphatic carbocycles. The predicted octanol–water partition coefficient (Wildman–Crippen LogP) is 1.25. The van der Waals surface area contributed by atoms with Crippen LogP contribution in [0.1, 0.15) is 11.3 Å². The molecule has 1 aromatic heterocycles. The Bertz CT molecular complexity index is 345. The first-order valence-electron chi connectivity index (χ1n) is 4.68. The van der Waals surface area contributed by atoms with Gasteiger partial charge in [0.2, 0.25) is 0 Å². The highest BCUT2D eigenvalue weighted by Crippen LogP contribution is 2.20. The molecule has 0 bridgehead atoms. The molecule has 0 radical (unpaired) electrons. The van der Waals surface area contributed by atoms with Gasteiger partial charge in [-0.2, -0.15) is 0 Å². The highest BCUT2D eigenvalue weighted by Gasteiger charge is 2.07. The van der Waals surface area contributed by atoms with Crippen molar-refractivity contribution in [3.8, 4) is 0 Å². The predicted molar refractivity (Wildman–Crippen MR) is 66.4 cm³/mol. The highest BCUT2D eigenvalue weighted by atomic mass is 79.9. The second-order valence-corrected chi connectivity index (χ2v) is 5.22. The third kappa shape index (κ3) is 5.04. The maximum Gasteiger partial charge on any atom is 0.327 e. The Balaban J connectivity index is 2.25. The minimum atomic E-state index is -0.360. The summed E-state index contributed by atoms with van der Waals surface area (Å²) >= 11 is 5.09. The van der Waals surface area contributed by atoms with Crippen molar-refractivity contribution in [2.24, 2.45) is 5.84 Å². The maximum absolute atomic E-state index is 11.0. The van der Waals surface area contributed by atoms with E-state index < -0.39 is 0 Å². The minimum absolute atomic E-state index is 0.313. The number of thiophene rings is 1. The number of hydrazine groups is 1.